The molecule has 0 unspecified atom stereocenters. The van der Waals surface area contributed by atoms with E-state index in [0.717, 1.165) is 17.8 Å². The zero-order valence-corrected chi connectivity index (χ0v) is 16.9. The topological polar surface area (TPSA) is 88.4 Å². The predicted octanol–water partition coefficient (Wildman–Crippen LogP) is 1.94. The number of nitrogens with zero attached hydrogens (tertiary/aromatic N) is 5. The van der Waals surface area contributed by atoms with Crippen LogP contribution in [0.3, 0.4) is 0 Å². The van der Waals surface area contributed by atoms with Gasteiger partial charge in [0.1, 0.15) is 5.82 Å². The van der Waals surface area contributed by atoms with Crippen molar-refractivity contribution in [1.29, 1.82) is 0 Å². The number of rotatable bonds is 4. The van der Waals surface area contributed by atoms with Gasteiger partial charge in [0, 0.05) is 26.2 Å². The van der Waals surface area contributed by atoms with Gasteiger partial charge >= 0.3 is 0 Å². The van der Waals surface area contributed by atoms with Gasteiger partial charge in [0.05, 0.1) is 16.8 Å². The molecule has 2 aromatic carbocycles. The van der Waals surface area contributed by atoms with Crippen LogP contribution in [-0.4, -0.2) is 64.7 Å². The van der Waals surface area contributed by atoms with Crippen LogP contribution in [0.1, 0.15) is 16.9 Å². The van der Waals surface area contributed by atoms with Gasteiger partial charge in [-0.2, -0.15) is 14.2 Å². The predicted molar refractivity (Wildman–Crippen MR) is 107 cm³/mol. The summed E-state index contributed by atoms with van der Waals surface area (Å²) in [7, 11) is -3.75. The van der Waals surface area contributed by atoms with E-state index in [1.165, 1.54) is 27.4 Å². The van der Waals surface area contributed by atoms with E-state index in [9.17, 15) is 17.6 Å². The standard InChI is InChI=1S/C20H20FN5O3S/c21-16-7-9-18(10-8-16)30(28,29)25-12-4-11-24(13-14-25)20(27)19-15-22-26(23-19)17-5-2-1-3-6-17/h1-3,5-10,15H,4,11-14H2. The molecule has 0 bridgehead atoms. The number of halogens is 1. The van der Waals surface area contributed by atoms with Crippen molar-refractivity contribution in [3.8, 4) is 5.69 Å². The number of sulfonamides is 1. The van der Waals surface area contributed by atoms with Gasteiger partial charge in [0.2, 0.25) is 10.0 Å². The van der Waals surface area contributed by atoms with E-state index in [1.54, 1.807) is 4.90 Å². The molecule has 1 saturated heterocycles. The molecule has 0 spiro atoms. The van der Waals surface area contributed by atoms with E-state index >= 15 is 0 Å². The van der Waals surface area contributed by atoms with Gasteiger partial charge in [0.25, 0.3) is 5.91 Å². The molecule has 8 nitrogen and oxygen atoms in total. The van der Waals surface area contributed by atoms with Crippen LogP contribution in [0.25, 0.3) is 5.69 Å². The van der Waals surface area contributed by atoms with Crippen molar-refractivity contribution < 1.29 is 17.6 Å². The molecule has 0 saturated carbocycles. The number of para-hydroxylation sites is 1. The number of carbonyl (C=O) groups excluding carboxylic acids is 1. The first-order chi connectivity index (χ1) is 14.4. The van der Waals surface area contributed by atoms with E-state index < -0.39 is 15.8 Å². The first-order valence-corrected chi connectivity index (χ1v) is 10.9. The molecule has 4 rings (SSSR count). The van der Waals surface area contributed by atoms with Gasteiger partial charge in [-0.25, -0.2) is 12.8 Å². The number of aromatic nitrogens is 3. The highest BCUT2D eigenvalue weighted by Crippen LogP contribution is 2.19. The molecule has 3 aromatic rings. The molecular formula is C20H20FN5O3S. The van der Waals surface area contributed by atoms with Gasteiger partial charge in [-0.05, 0) is 42.8 Å². The zero-order chi connectivity index (χ0) is 21.1. The second kappa shape index (κ2) is 8.33. The Hall–Kier alpha value is -3.11. The summed E-state index contributed by atoms with van der Waals surface area (Å²) >= 11 is 0. The molecule has 1 fully saturated rings. The second-order valence-electron chi connectivity index (χ2n) is 6.86. The molecule has 1 amide bonds. The van der Waals surface area contributed by atoms with E-state index in [1.807, 2.05) is 30.3 Å². The van der Waals surface area contributed by atoms with Crippen molar-refractivity contribution in [1.82, 2.24) is 24.2 Å². The Bertz CT molecular complexity index is 1130. The first kappa shape index (κ1) is 20.2. The second-order valence-corrected chi connectivity index (χ2v) is 8.80. The van der Waals surface area contributed by atoms with Crippen LogP contribution in [0.15, 0.2) is 65.7 Å². The van der Waals surface area contributed by atoms with Crippen molar-refractivity contribution in [3.05, 3.63) is 72.3 Å². The third-order valence-corrected chi connectivity index (χ3v) is 6.80. The number of hydrogen-bond donors (Lipinski definition) is 0. The van der Waals surface area contributed by atoms with Crippen molar-refractivity contribution in [2.45, 2.75) is 11.3 Å². The maximum absolute atomic E-state index is 13.1. The lowest BCUT2D eigenvalue weighted by Crippen LogP contribution is -2.37. The Kier molecular flexibility index (Phi) is 5.60. The Morgan fingerprint density at radius 2 is 1.67 bits per heavy atom. The fourth-order valence-corrected chi connectivity index (χ4v) is 4.77. The highest BCUT2D eigenvalue weighted by molar-refractivity contribution is 7.89. The third kappa shape index (κ3) is 4.10. The summed E-state index contributed by atoms with van der Waals surface area (Å²) in [5.41, 5.74) is 0.942. The molecule has 0 aliphatic carbocycles. The van der Waals surface area contributed by atoms with Crippen molar-refractivity contribution in [2.75, 3.05) is 26.2 Å². The molecule has 2 heterocycles. The molecule has 10 heteroatoms. The summed E-state index contributed by atoms with van der Waals surface area (Å²) in [6.45, 7) is 1.07. The van der Waals surface area contributed by atoms with Gasteiger partial charge in [0.15, 0.2) is 5.69 Å². The average molecular weight is 429 g/mol. The Balaban J connectivity index is 1.46. The molecule has 1 aliphatic rings. The van der Waals surface area contributed by atoms with Gasteiger partial charge in [-0.3, -0.25) is 4.79 Å². The Morgan fingerprint density at radius 3 is 2.40 bits per heavy atom. The van der Waals surface area contributed by atoms with Crippen LogP contribution in [-0.2, 0) is 10.0 Å². The summed E-state index contributed by atoms with van der Waals surface area (Å²) in [5, 5.41) is 8.40. The number of benzene rings is 2. The number of carbonyl (C=O) groups is 1. The Labute approximate surface area is 173 Å². The highest BCUT2D eigenvalue weighted by atomic mass is 32.2. The van der Waals surface area contributed by atoms with Crippen molar-refractivity contribution in [3.63, 3.8) is 0 Å². The quantitative estimate of drug-likeness (QED) is 0.633. The molecule has 156 valence electrons. The molecule has 1 aliphatic heterocycles. The van der Waals surface area contributed by atoms with Crippen LogP contribution in [0.4, 0.5) is 4.39 Å². The van der Waals surface area contributed by atoms with Gasteiger partial charge in [-0.1, -0.05) is 18.2 Å². The van der Waals surface area contributed by atoms with Crippen LogP contribution in [0, 0.1) is 5.82 Å². The van der Waals surface area contributed by atoms with E-state index in [2.05, 4.69) is 10.2 Å². The molecule has 0 radical (unpaired) electrons. The number of amides is 1. The molecule has 1 aromatic heterocycles. The summed E-state index contributed by atoms with van der Waals surface area (Å²) < 4.78 is 40.1. The van der Waals surface area contributed by atoms with E-state index in [-0.39, 0.29) is 36.1 Å². The fraction of sp³-hybridized carbons (Fsp3) is 0.250. The monoisotopic (exact) mass is 429 g/mol. The van der Waals surface area contributed by atoms with Crippen molar-refractivity contribution in [2.24, 2.45) is 0 Å². The van der Waals surface area contributed by atoms with Crippen LogP contribution < -0.4 is 0 Å². The molecular weight excluding hydrogens is 409 g/mol. The van der Waals surface area contributed by atoms with Crippen molar-refractivity contribution >= 4 is 15.9 Å². The van der Waals surface area contributed by atoms with Gasteiger partial charge in [-0.15, -0.1) is 5.10 Å². The summed E-state index contributed by atoms with van der Waals surface area (Å²) in [5.74, 6) is -0.789. The normalized spacial score (nSPS) is 15.7. The molecule has 0 atom stereocenters. The summed E-state index contributed by atoms with van der Waals surface area (Å²) in [6, 6.07) is 14.0. The lowest BCUT2D eigenvalue weighted by atomic mass is 10.3. The molecule has 30 heavy (non-hydrogen) atoms. The summed E-state index contributed by atoms with van der Waals surface area (Å²) in [4.78, 5) is 15.9. The highest BCUT2D eigenvalue weighted by Gasteiger charge is 2.29. The maximum atomic E-state index is 13.1. The van der Waals surface area contributed by atoms with E-state index in [0.29, 0.717) is 13.0 Å². The first-order valence-electron chi connectivity index (χ1n) is 9.48. The minimum Gasteiger partial charge on any atom is -0.336 e. The third-order valence-electron chi connectivity index (χ3n) is 4.89. The SMILES string of the molecule is O=C(c1cnn(-c2ccccc2)n1)N1CCCN(S(=O)(=O)c2ccc(F)cc2)CC1. The lowest BCUT2D eigenvalue weighted by molar-refractivity contribution is 0.0758. The lowest BCUT2D eigenvalue weighted by Gasteiger charge is -2.21. The fourth-order valence-electron chi connectivity index (χ4n) is 3.30. The Morgan fingerprint density at radius 1 is 0.933 bits per heavy atom. The average Bonchev–Trinajstić information content (AvgIpc) is 3.11. The van der Waals surface area contributed by atoms with Crippen LogP contribution in [0.5, 0.6) is 0 Å². The van der Waals surface area contributed by atoms with Crippen LogP contribution >= 0.6 is 0 Å². The maximum Gasteiger partial charge on any atom is 0.276 e. The van der Waals surface area contributed by atoms with Gasteiger partial charge < -0.3 is 4.90 Å². The minimum absolute atomic E-state index is 0.0366. The smallest absolute Gasteiger partial charge is 0.276 e. The van der Waals surface area contributed by atoms with Crippen LogP contribution in [0.2, 0.25) is 0 Å². The zero-order valence-electron chi connectivity index (χ0n) is 16.1. The molecule has 0 N–H and O–H groups in total. The summed E-state index contributed by atoms with van der Waals surface area (Å²) in [6.07, 6.45) is 1.90. The van der Waals surface area contributed by atoms with E-state index in [4.69, 9.17) is 0 Å². The minimum atomic E-state index is -3.75. The number of hydrogen-bond acceptors (Lipinski definition) is 5. The largest absolute Gasteiger partial charge is 0.336 e.